The van der Waals surface area contributed by atoms with Gasteiger partial charge in [0.05, 0.1) is 17.3 Å². The molecule has 1 aliphatic carbocycles. The van der Waals surface area contributed by atoms with Crippen molar-refractivity contribution in [2.75, 3.05) is 0 Å². The number of halogens is 3. The molecule has 0 atom stereocenters. The number of para-hydroxylation sites is 1. The van der Waals surface area contributed by atoms with Crippen molar-refractivity contribution in [3.05, 3.63) is 54.4 Å². The Morgan fingerprint density at radius 1 is 1.04 bits per heavy atom. The van der Waals surface area contributed by atoms with Crippen molar-refractivity contribution in [1.29, 1.82) is 0 Å². The molecule has 6 heteroatoms. The van der Waals surface area contributed by atoms with Crippen LogP contribution in [0.3, 0.4) is 0 Å². The van der Waals surface area contributed by atoms with Crippen LogP contribution in [-0.4, -0.2) is 14.8 Å². The average molecular weight is 347 g/mol. The third-order valence-electron chi connectivity index (χ3n) is 4.33. The van der Waals surface area contributed by atoms with Gasteiger partial charge in [-0.15, -0.1) is 0 Å². The van der Waals surface area contributed by atoms with Crippen LogP contribution in [0.2, 0.25) is 0 Å². The van der Waals surface area contributed by atoms with Gasteiger partial charge in [0.2, 0.25) is 0 Å². The van der Waals surface area contributed by atoms with E-state index in [-0.39, 0.29) is 0 Å². The van der Waals surface area contributed by atoms with Crippen LogP contribution in [0, 0.1) is 11.8 Å². The number of pyridine rings is 1. The molecule has 25 heavy (non-hydrogen) atoms. The standard InChI is InChI=1S/C13H8F3N3.C6H12/c14-13(15,16)10-5-6-12(17-8-10)19-11-4-2-1-3-9(11)7-18-19;1-5(2)6-3-4-6/h1-8H;5-6H,3-4H2,1-2H3. The van der Waals surface area contributed by atoms with Crippen LogP contribution in [0.15, 0.2) is 48.8 Å². The Morgan fingerprint density at radius 3 is 2.28 bits per heavy atom. The molecule has 2 aromatic heterocycles. The number of aromatic nitrogens is 3. The number of hydrogen-bond acceptors (Lipinski definition) is 2. The summed E-state index contributed by atoms with van der Waals surface area (Å²) >= 11 is 0. The van der Waals surface area contributed by atoms with Gasteiger partial charge in [-0.1, -0.05) is 32.0 Å². The number of hydrogen-bond donors (Lipinski definition) is 0. The van der Waals surface area contributed by atoms with Crippen molar-refractivity contribution in [2.24, 2.45) is 11.8 Å². The Hall–Kier alpha value is -2.37. The highest BCUT2D eigenvalue weighted by atomic mass is 19.4. The van der Waals surface area contributed by atoms with Gasteiger partial charge in [-0.3, -0.25) is 0 Å². The first-order valence-electron chi connectivity index (χ1n) is 8.32. The van der Waals surface area contributed by atoms with Gasteiger partial charge in [0.1, 0.15) is 0 Å². The first-order valence-corrected chi connectivity index (χ1v) is 8.32. The molecular weight excluding hydrogens is 327 g/mol. The Kier molecular flexibility index (Phi) is 4.79. The second kappa shape index (κ2) is 6.86. The zero-order chi connectivity index (χ0) is 18.0. The number of fused-ring (bicyclic) bond motifs is 1. The molecule has 0 amide bonds. The van der Waals surface area contributed by atoms with E-state index >= 15 is 0 Å². The first-order chi connectivity index (χ1) is 11.9. The maximum atomic E-state index is 12.5. The van der Waals surface area contributed by atoms with E-state index in [0.717, 1.165) is 35.0 Å². The van der Waals surface area contributed by atoms with Gasteiger partial charge < -0.3 is 0 Å². The van der Waals surface area contributed by atoms with Gasteiger partial charge in [-0.25, -0.2) is 9.67 Å². The maximum absolute atomic E-state index is 12.5. The van der Waals surface area contributed by atoms with Gasteiger partial charge in [-0.05, 0) is 42.9 Å². The fourth-order valence-corrected chi connectivity index (χ4v) is 2.60. The van der Waals surface area contributed by atoms with Gasteiger partial charge >= 0.3 is 6.18 Å². The van der Waals surface area contributed by atoms with Crippen LogP contribution in [0.5, 0.6) is 0 Å². The summed E-state index contributed by atoms with van der Waals surface area (Å²) in [6.45, 7) is 4.61. The molecule has 1 aromatic carbocycles. The SMILES string of the molecule is CC(C)C1CC1.FC(F)(F)c1ccc(-n2ncc3ccccc32)nc1. The normalized spacial score (nSPS) is 14.5. The lowest BCUT2D eigenvalue weighted by Crippen LogP contribution is -2.07. The topological polar surface area (TPSA) is 30.7 Å². The lowest BCUT2D eigenvalue weighted by molar-refractivity contribution is -0.137. The largest absolute Gasteiger partial charge is 0.417 e. The highest BCUT2D eigenvalue weighted by molar-refractivity contribution is 5.79. The molecule has 1 fully saturated rings. The van der Waals surface area contributed by atoms with Gasteiger partial charge in [0.15, 0.2) is 5.82 Å². The molecule has 132 valence electrons. The van der Waals surface area contributed by atoms with Gasteiger partial charge in [0.25, 0.3) is 0 Å². The number of rotatable bonds is 2. The van der Waals surface area contributed by atoms with Crippen molar-refractivity contribution in [1.82, 2.24) is 14.8 Å². The Morgan fingerprint density at radius 2 is 1.76 bits per heavy atom. The van der Waals surface area contributed by atoms with E-state index in [0.29, 0.717) is 5.82 Å². The van der Waals surface area contributed by atoms with Crippen LogP contribution < -0.4 is 0 Å². The molecule has 0 unspecified atom stereocenters. The molecule has 0 saturated heterocycles. The molecule has 0 N–H and O–H groups in total. The minimum absolute atomic E-state index is 0.356. The van der Waals surface area contributed by atoms with Crippen molar-refractivity contribution in [2.45, 2.75) is 32.9 Å². The second-order valence-corrected chi connectivity index (χ2v) is 6.60. The summed E-state index contributed by atoms with van der Waals surface area (Å²) in [5.74, 6) is 2.42. The van der Waals surface area contributed by atoms with Crippen molar-refractivity contribution < 1.29 is 13.2 Å². The minimum Gasteiger partial charge on any atom is -0.236 e. The maximum Gasteiger partial charge on any atom is 0.417 e. The molecule has 1 aliphatic rings. The quantitative estimate of drug-likeness (QED) is 0.613. The fraction of sp³-hybridized carbons (Fsp3) is 0.368. The Bertz CT molecular complexity index is 831. The van der Waals surface area contributed by atoms with Gasteiger partial charge in [-0.2, -0.15) is 18.3 Å². The third-order valence-corrected chi connectivity index (χ3v) is 4.33. The summed E-state index contributed by atoms with van der Waals surface area (Å²) in [6, 6.07) is 9.73. The minimum atomic E-state index is -4.38. The van der Waals surface area contributed by atoms with Crippen molar-refractivity contribution in [3.8, 4) is 5.82 Å². The zero-order valence-electron chi connectivity index (χ0n) is 14.2. The Labute approximate surface area is 144 Å². The predicted molar refractivity (Wildman–Crippen MR) is 91.4 cm³/mol. The smallest absolute Gasteiger partial charge is 0.236 e. The van der Waals surface area contributed by atoms with E-state index in [1.165, 1.54) is 23.6 Å². The molecule has 3 nitrogen and oxygen atoms in total. The molecule has 0 aliphatic heterocycles. The van der Waals surface area contributed by atoms with Crippen LogP contribution in [0.4, 0.5) is 13.2 Å². The molecule has 0 spiro atoms. The zero-order valence-corrected chi connectivity index (χ0v) is 14.2. The predicted octanol–water partition coefficient (Wildman–Crippen LogP) is 5.49. The Balaban J connectivity index is 0.000000258. The number of alkyl halides is 3. The summed E-state index contributed by atoms with van der Waals surface area (Å²) < 4.78 is 38.9. The molecule has 0 bridgehead atoms. The van der Waals surface area contributed by atoms with E-state index in [9.17, 15) is 13.2 Å². The van der Waals surface area contributed by atoms with Crippen LogP contribution in [0.25, 0.3) is 16.7 Å². The lowest BCUT2D eigenvalue weighted by atomic mass is 10.1. The highest BCUT2D eigenvalue weighted by Crippen LogP contribution is 2.35. The fourth-order valence-electron chi connectivity index (χ4n) is 2.60. The average Bonchev–Trinajstić information content (AvgIpc) is 3.35. The molecule has 0 radical (unpaired) electrons. The van der Waals surface area contributed by atoms with E-state index in [4.69, 9.17) is 0 Å². The van der Waals surface area contributed by atoms with Crippen LogP contribution in [-0.2, 0) is 6.18 Å². The van der Waals surface area contributed by atoms with E-state index < -0.39 is 11.7 Å². The van der Waals surface area contributed by atoms with E-state index in [2.05, 4.69) is 23.9 Å². The third kappa shape index (κ3) is 4.18. The summed E-state index contributed by atoms with van der Waals surface area (Å²) in [5.41, 5.74) is 0.0301. The lowest BCUT2D eigenvalue weighted by Gasteiger charge is -2.07. The highest BCUT2D eigenvalue weighted by Gasteiger charge is 2.30. The molecule has 2 heterocycles. The molecule has 3 aromatic rings. The number of benzene rings is 1. The summed E-state index contributed by atoms with van der Waals surface area (Å²) in [7, 11) is 0. The number of nitrogens with zero attached hydrogens (tertiary/aromatic N) is 3. The van der Waals surface area contributed by atoms with Crippen molar-refractivity contribution in [3.63, 3.8) is 0 Å². The van der Waals surface area contributed by atoms with E-state index in [1.807, 2.05) is 24.3 Å². The van der Waals surface area contributed by atoms with E-state index in [1.54, 1.807) is 6.20 Å². The molecule has 4 rings (SSSR count). The van der Waals surface area contributed by atoms with Crippen molar-refractivity contribution >= 4 is 10.9 Å². The molecule has 1 saturated carbocycles. The summed E-state index contributed by atoms with van der Waals surface area (Å²) in [4.78, 5) is 3.82. The van der Waals surface area contributed by atoms with Crippen LogP contribution >= 0.6 is 0 Å². The molecular formula is C19H20F3N3. The van der Waals surface area contributed by atoms with Crippen LogP contribution in [0.1, 0.15) is 32.3 Å². The van der Waals surface area contributed by atoms with Gasteiger partial charge in [0, 0.05) is 11.6 Å². The summed E-state index contributed by atoms with van der Waals surface area (Å²) in [5, 5.41) is 5.04. The second-order valence-electron chi connectivity index (χ2n) is 6.60. The monoisotopic (exact) mass is 347 g/mol. The first kappa shape index (κ1) is 17.5. The summed E-state index contributed by atoms with van der Waals surface area (Å²) in [6.07, 6.45) is 1.08.